The van der Waals surface area contributed by atoms with Crippen LogP contribution in [-0.4, -0.2) is 14.5 Å². The molecule has 50 heavy (non-hydrogen) atoms. The van der Waals surface area contributed by atoms with Crippen LogP contribution in [0.3, 0.4) is 0 Å². The lowest BCUT2D eigenvalue weighted by atomic mass is 9.96. The van der Waals surface area contributed by atoms with Crippen molar-refractivity contribution in [2.24, 2.45) is 0 Å². The van der Waals surface area contributed by atoms with Gasteiger partial charge in [-0.1, -0.05) is 140 Å². The van der Waals surface area contributed by atoms with E-state index in [-0.39, 0.29) is 0 Å². The molecule has 0 saturated heterocycles. The summed E-state index contributed by atoms with van der Waals surface area (Å²) in [4.78, 5) is 10.5. The van der Waals surface area contributed by atoms with Crippen LogP contribution in [0.4, 0.5) is 0 Å². The van der Waals surface area contributed by atoms with E-state index in [0.29, 0.717) is 5.82 Å². The first kappa shape index (κ1) is 28.3. The molecule has 234 valence electrons. The van der Waals surface area contributed by atoms with Gasteiger partial charge in [0.05, 0.1) is 22.4 Å². The maximum Gasteiger partial charge on any atom is 0.161 e. The number of aromatic nitrogens is 3. The van der Waals surface area contributed by atoms with Crippen molar-refractivity contribution in [2.75, 3.05) is 0 Å². The molecule has 10 rings (SSSR count). The Bertz CT molecular complexity index is 2830. The van der Waals surface area contributed by atoms with Gasteiger partial charge in [-0.25, -0.2) is 9.97 Å². The molecule has 0 unspecified atom stereocenters. The van der Waals surface area contributed by atoms with Crippen LogP contribution in [0.15, 0.2) is 180 Å². The van der Waals surface area contributed by atoms with Gasteiger partial charge in [0.15, 0.2) is 5.82 Å². The molecule has 4 nitrogen and oxygen atoms in total. The summed E-state index contributed by atoms with van der Waals surface area (Å²) in [5, 5.41) is 4.67. The molecule has 0 bridgehead atoms. The maximum atomic E-state index is 6.48. The van der Waals surface area contributed by atoms with Crippen molar-refractivity contribution in [1.82, 2.24) is 14.5 Å². The number of hydrogen-bond acceptors (Lipinski definition) is 3. The Morgan fingerprint density at radius 3 is 1.74 bits per heavy atom. The fourth-order valence-electron chi connectivity index (χ4n) is 7.35. The average molecular weight is 640 g/mol. The smallest absolute Gasteiger partial charge is 0.161 e. The summed E-state index contributed by atoms with van der Waals surface area (Å²) in [5.74, 6) is 0.660. The van der Waals surface area contributed by atoms with Gasteiger partial charge in [-0.05, 0) is 42.0 Å². The number of benzene rings is 7. The fraction of sp³-hybridized carbons (Fsp3) is 0. The third-order valence-corrected chi connectivity index (χ3v) is 9.64. The lowest BCUT2D eigenvalue weighted by Crippen LogP contribution is -1.98. The van der Waals surface area contributed by atoms with E-state index in [1.54, 1.807) is 0 Å². The van der Waals surface area contributed by atoms with Crippen LogP contribution >= 0.6 is 0 Å². The van der Waals surface area contributed by atoms with Crippen molar-refractivity contribution >= 4 is 43.7 Å². The van der Waals surface area contributed by atoms with Crippen LogP contribution in [0.5, 0.6) is 0 Å². The molecule has 0 amide bonds. The van der Waals surface area contributed by atoms with E-state index in [2.05, 4.69) is 162 Å². The Labute approximate surface area is 288 Å². The lowest BCUT2D eigenvalue weighted by molar-refractivity contribution is 0.670. The molecule has 0 N–H and O–H groups in total. The third kappa shape index (κ3) is 4.54. The van der Waals surface area contributed by atoms with E-state index in [4.69, 9.17) is 14.4 Å². The molecule has 0 aliphatic carbocycles. The van der Waals surface area contributed by atoms with E-state index in [9.17, 15) is 0 Å². The molecular weight excluding hydrogens is 611 g/mol. The molecule has 0 fully saturated rings. The number of para-hydroxylation sites is 4. The Hall–Kier alpha value is -6.78. The van der Waals surface area contributed by atoms with Crippen LogP contribution in [0.1, 0.15) is 0 Å². The summed E-state index contributed by atoms with van der Waals surface area (Å²) >= 11 is 0. The predicted molar refractivity (Wildman–Crippen MR) is 205 cm³/mol. The quantitative estimate of drug-likeness (QED) is 0.188. The summed E-state index contributed by atoms with van der Waals surface area (Å²) in [6.07, 6.45) is 0. The number of furan rings is 1. The maximum absolute atomic E-state index is 6.48. The first-order valence-electron chi connectivity index (χ1n) is 16.8. The van der Waals surface area contributed by atoms with Crippen LogP contribution in [-0.2, 0) is 0 Å². The number of nitrogens with zero attached hydrogens (tertiary/aromatic N) is 3. The lowest BCUT2D eigenvalue weighted by Gasteiger charge is -2.14. The molecule has 0 radical (unpaired) electrons. The minimum absolute atomic E-state index is 0.660. The Morgan fingerprint density at radius 1 is 0.400 bits per heavy atom. The van der Waals surface area contributed by atoms with Gasteiger partial charge in [0, 0.05) is 49.5 Å². The molecule has 0 atom stereocenters. The van der Waals surface area contributed by atoms with E-state index in [1.165, 1.54) is 21.8 Å². The van der Waals surface area contributed by atoms with Crippen molar-refractivity contribution in [3.05, 3.63) is 176 Å². The van der Waals surface area contributed by atoms with E-state index >= 15 is 0 Å². The van der Waals surface area contributed by atoms with Gasteiger partial charge in [0.25, 0.3) is 0 Å². The van der Waals surface area contributed by atoms with E-state index < -0.39 is 0 Å². The SMILES string of the molecule is c1ccc(-c2cc(-c3cccc(-n4c5ccccc5c5ccccc54)c3)nc(-c3ccccc3-c3cccc4c3oc3ccccc34)n2)cc1. The van der Waals surface area contributed by atoms with Gasteiger partial charge in [-0.2, -0.15) is 0 Å². The van der Waals surface area contributed by atoms with Crippen molar-refractivity contribution in [2.45, 2.75) is 0 Å². The van der Waals surface area contributed by atoms with Gasteiger partial charge in [-0.15, -0.1) is 0 Å². The first-order valence-corrected chi connectivity index (χ1v) is 16.8. The standard InChI is InChI=1S/C46H29N3O/c1-2-14-30(15-3-1)40-29-41(31-16-12-17-32(28-31)49-42-25-9-6-19-34(42)35-20-7-10-26-43(35)49)48-46(47-40)39-22-5-4-18-33(39)37-23-13-24-38-36-21-8-11-27-44(36)50-45(37)38/h1-29H. The highest BCUT2D eigenvalue weighted by Crippen LogP contribution is 2.40. The molecule has 3 aromatic heterocycles. The second-order valence-electron chi connectivity index (χ2n) is 12.6. The summed E-state index contributed by atoms with van der Waals surface area (Å²) in [6, 6.07) is 61.2. The molecule has 3 heterocycles. The van der Waals surface area contributed by atoms with Gasteiger partial charge >= 0.3 is 0 Å². The van der Waals surface area contributed by atoms with Gasteiger partial charge < -0.3 is 8.98 Å². The molecule has 0 spiro atoms. The molecule has 0 aliphatic heterocycles. The molecule has 10 aromatic rings. The largest absolute Gasteiger partial charge is 0.455 e. The molecule has 0 aliphatic rings. The number of fused-ring (bicyclic) bond motifs is 6. The Morgan fingerprint density at radius 2 is 0.960 bits per heavy atom. The fourth-order valence-corrected chi connectivity index (χ4v) is 7.35. The van der Waals surface area contributed by atoms with Gasteiger partial charge in [0.1, 0.15) is 11.2 Å². The van der Waals surface area contributed by atoms with Crippen LogP contribution in [0.2, 0.25) is 0 Å². The minimum atomic E-state index is 0.660. The Balaban J connectivity index is 1.18. The monoisotopic (exact) mass is 639 g/mol. The highest BCUT2D eigenvalue weighted by molar-refractivity contribution is 6.11. The highest BCUT2D eigenvalue weighted by atomic mass is 16.3. The number of hydrogen-bond donors (Lipinski definition) is 0. The second kappa shape index (κ2) is 11.4. The molecular formula is C46H29N3O. The zero-order valence-corrected chi connectivity index (χ0v) is 27.0. The van der Waals surface area contributed by atoms with E-state index in [0.717, 1.165) is 66.8 Å². The van der Waals surface area contributed by atoms with Crippen LogP contribution in [0.25, 0.3) is 94.5 Å². The first-order chi connectivity index (χ1) is 24.8. The van der Waals surface area contributed by atoms with Crippen molar-refractivity contribution in [1.29, 1.82) is 0 Å². The average Bonchev–Trinajstić information content (AvgIpc) is 3.74. The third-order valence-electron chi connectivity index (χ3n) is 9.64. The van der Waals surface area contributed by atoms with Gasteiger partial charge in [0.2, 0.25) is 0 Å². The zero-order chi connectivity index (χ0) is 33.0. The van der Waals surface area contributed by atoms with Gasteiger partial charge in [-0.3, -0.25) is 0 Å². The zero-order valence-electron chi connectivity index (χ0n) is 27.0. The van der Waals surface area contributed by atoms with Crippen molar-refractivity contribution < 1.29 is 4.42 Å². The summed E-state index contributed by atoms with van der Waals surface area (Å²) in [7, 11) is 0. The topological polar surface area (TPSA) is 43.9 Å². The summed E-state index contributed by atoms with van der Waals surface area (Å²) in [6.45, 7) is 0. The molecule has 0 saturated carbocycles. The highest BCUT2D eigenvalue weighted by Gasteiger charge is 2.19. The number of rotatable bonds is 5. The summed E-state index contributed by atoms with van der Waals surface area (Å²) < 4.78 is 8.83. The Kier molecular flexibility index (Phi) is 6.46. The van der Waals surface area contributed by atoms with Crippen molar-refractivity contribution in [3.8, 4) is 50.7 Å². The molecule has 7 aromatic carbocycles. The predicted octanol–water partition coefficient (Wildman–Crippen LogP) is 12.1. The second-order valence-corrected chi connectivity index (χ2v) is 12.6. The van der Waals surface area contributed by atoms with Crippen LogP contribution in [0, 0.1) is 0 Å². The van der Waals surface area contributed by atoms with Crippen molar-refractivity contribution in [3.63, 3.8) is 0 Å². The minimum Gasteiger partial charge on any atom is -0.455 e. The normalized spacial score (nSPS) is 11.6. The van der Waals surface area contributed by atoms with E-state index in [1.807, 2.05) is 18.2 Å². The summed E-state index contributed by atoms with van der Waals surface area (Å²) in [5.41, 5.74) is 11.9. The van der Waals surface area contributed by atoms with Crippen LogP contribution < -0.4 is 0 Å². The molecule has 4 heteroatoms.